The molecule has 8 nitrogen and oxygen atoms in total. The first-order valence-corrected chi connectivity index (χ1v) is 10.9. The van der Waals surface area contributed by atoms with E-state index in [0.717, 1.165) is 29.9 Å². The number of hydrogen-bond donors (Lipinski definition) is 5. The Hall–Kier alpha value is -3.02. The van der Waals surface area contributed by atoms with Crippen molar-refractivity contribution in [2.45, 2.75) is 51.7 Å². The van der Waals surface area contributed by atoms with Gasteiger partial charge < -0.3 is 20.1 Å². The molecule has 1 fully saturated rings. The maximum atomic E-state index is 12.5. The molecule has 2 amide bonds. The lowest BCUT2D eigenvalue weighted by Gasteiger charge is -2.40. The van der Waals surface area contributed by atoms with Gasteiger partial charge in [-0.3, -0.25) is 16.0 Å². The Balaban J connectivity index is 1.54. The maximum Gasteiger partial charge on any atom is 0.573 e. The molecular formula is C23H30F3N5O3. The Morgan fingerprint density at radius 1 is 1.06 bits per heavy atom. The van der Waals surface area contributed by atoms with E-state index in [1.165, 1.54) is 12.1 Å². The summed E-state index contributed by atoms with van der Waals surface area (Å²) in [5.74, 6) is 0.766. The van der Waals surface area contributed by atoms with Gasteiger partial charge in [-0.1, -0.05) is 26.0 Å². The average Bonchev–Trinajstić information content (AvgIpc) is 2.78. The van der Waals surface area contributed by atoms with Crippen molar-refractivity contribution in [3.63, 3.8) is 0 Å². The van der Waals surface area contributed by atoms with E-state index < -0.39 is 18.7 Å². The lowest BCUT2D eigenvalue weighted by Crippen LogP contribution is -2.69. The number of carbonyl (C=O) groups is 1. The zero-order valence-electron chi connectivity index (χ0n) is 19.2. The highest BCUT2D eigenvalue weighted by atomic mass is 19.4. The third kappa shape index (κ3) is 8.08. The van der Waals surface area contributed by atoms with Crippen molar-refractivity contribution >= 4 is 11.7 Å². The Morgan fingerprint density at radius 3 is 2.29 bits per heavy atom. The van der Waals surface area contributed by atoms with Gasteiger partial charge in [0, 0.05) is 18.3 Å². The Bertz CT molecular complexity index is 923. The van der Waals surface area contributed by atoms with Crippen LogP contribution in [0.1, 0.15) is 25.8 Å². The number of benzene rings is 2. The number of urea groups is 1. The summed E-state index contributed by atoms with van der Waals surface area (Å²) in [7, 11) is 1.62. The highest BCUT2D eigenvalue weighted by Crippen LogP contribution is 2.24. The van der Waals surface area contributed by atoms with Crippen LogP contribution in [0.15, 0.2) is 48.5 Å². The Morgan fingerprint density at radius 2 is 1.71 bits per heavy atom. The molecule has 1 saturated heterocycles. The molecule has 34 heavy (non-hydrogen) atoms. The molecule has 3 rings (SSSR count). The van der Waals surface area contributed by atoms with Gasteiger partial charge in [-0.05, 0) is 54.3 Å². The fourth-order valence-corrected chi connectivity index (χ4v) is 3.57. The quantitative estimate of drug-likeness (QED) is 0.395. The molecule has 186 valence electrons. The van der Waals surface area contributed by atoms with Crippen molar-refractivity contribution < 1.29 is 27.4 Å². The largest absolute Gasteiger partial charge is 0.573 e. The van der Waals surface area contributed by atoms with Gasteiger partial charge in [0.25, 0.3) is 0 Å². The number of hydrogen-bond acceptors (Lipinski definition) is 6. The number of methoxy groups -OCH3 is 1. The van der Waals surface area contributed by atoms with Gasteiger partial charge in [-0.2, -0.15) is 0 Å². The van der Waals surface area contributed by atoms with Gasteiger partial charge in [-0.15, -0.1) is 13.2 Å². The lowest BCUT2D eigenvalue weighted by atomic mass is 9.97. The number of rotatable bonds is 8. The Labute approximate surface area is 196 Å². The number of nitrogens with one attached hydrogen (secondary N) is 5. The topological polar surface area (TPSA) is 95.7 Å². The number of alkyl halides is 3. The van der Waals surface area contributed by atoms with Crippen molar-refractivity contribution in [2.75, 3.05) is 12.4 Å². The zero-order valence-corrected chi connectivity index (χ0v) is 19.2. The molecule has 1 aliphatic heterocycles. The fraction of sp³-hybridized carbons (Fsp3) is 0.435. The first-order chi connectivity index (χ1) is 16.1. The van der Waals surface area contributed by atoms with E-state index >= 15 is 0 Å². The minimum Gasteiger partial charge on any atom is -0.497 e. The summed E-state index contributed by atoms with van der Waals surface area (Å²) in [6, 6.07) is 12.4. The summed E-state index contributed by atoms with van der Waals surface area (Å²) in [6.45, 7) is 4.84. The molecule has 3 unspecified atom stereocenters. The number of halogens is 3. The fourth-order valence-electron chi connectivity index (χ4n) is 3.57. The van der Waals surface area contributed by atoms with Crippen LogP contribution in [0.4, 0.5) is 23.7 Å². The van der Waals surface area contributed by atoms with Crippen molar-refractivity contribution in [3.8, 4) is 11.5 Å². The number of anilines is 1. The van der Waals surface area contributed by atoms with Crippen LogP contribution >= 0.6 is 0 Å². The summed E-state index contributed by atoms with van der Waals surface area (Å²) in [5, 5.41) is 15.6. The van der Waals surface area contributed by atoms with E-state index in [1.807, 2.05) is 24.3 Å². The summed E-state index contributed by atoms with van der Waals surface area (Å²) >= 11 is 0. The minimum atomic E-state index is -4.77. The molecule has 0 spiro atoms. The van der Waals surface area contributed by atoms with Gasteiger partial charge in [0.1, 0.15) is 17.8 Å². The normalized spacial score (nSPS) is 20.6. The second kappa shape index (κ2) is 11.4. The van der Waals surface area contributed by atoms with Gasteiger partial charge in [0.2, 0.25) is 0 Å². The number of amides is 2. The number of ether oxygens (including phenoxy) is 2. The monoisotopic (exact) mass is 481 g/mol. The molecule has 0 aromatic heterocycles. The van der Waals surface area contributed by atoms with E-state index in [1.54, 1.807) is 7.11 Å². The molecule has 0 aliphatic carbocycles. The molecule has 0 saturated carbocycles. The van der Waals surface area contributed by atoms with Crippen molar-refractivity contribution in [2.24, 2.45) is 5.92 Å². The molecule has 2 aromatic carbocycles. The molecule has 1 aliphatic rings. The highest BCUT2D eigenvalue weighted by Gasteiger charge is 2.31. The van der Waals surface area contributed by atoms with Gasteiger partial charge in [0.15, 0.2) is 0 Å². The molecular weight excluding hydrogens is 451 g/mol. The summed E-state index contributed by atoms with van der Waals surface area (Å²) < 4.78 is 45.9. The van der Waals surface area contributed by atoms with Crippen molar-refractivity contribution in [3.05, 3.63) is 54.1 Å². The molecule has 1 heterocycles. The van der Waals surface area contributed by atoms with Crippen LogP contribution in [-0.4, -0.2) is 38.0 Å². The maximum absolute atomic E-state index is 12.5. The van der Waals surface area contributed by atoms with E-state index in [0.29, 0.717) is 18.2 Å². The third-order valence-corrected chi connectivity index (χ3v) is 5.38. The molecule has 5 N–H and O–H groups in total. The molecule has 0 bridgehead atoms. The van der Waals surface area contributed by atoms with E-state index in [2.05, 4.69) is 45.2 Å². The van der Waals surface area contributed by atoms with Crippen LogP contribution < -0.4 is 36.1 Å². The lowest BCUT2D eigenvalue weighted by molar-refractivity contribution is -0.274. The van der Waals surface area contributed by atoms with Crippen molar-refractivity contribution in [1.29, 1.82) is 0 Å². The second-order valence-corrected chi connectivity index (χ2v) is 8.30. The summed E-state index contributed by atoms with van der Waals surface area (Å²) in [5.41, 5.74) is 1.43. The van der Waals surface area contributed by atoms with Crippen molar-refractivity contribution in [1.82, 2.24) is 21.3 Å². The smallest absolute Gasteiger partial charge is 0.497 e. The van der Waals surface area contributed by atoms with Crippen LogP contribution in [-0.2, 0) is 6.54 Å². The summed E-state index contributed by atoms with van der Waals surface area (Å²) in [4.78, 5) is 12.5. The Kier molecular flexibility index (Phi) is 8.59. The molecule has 11 heteroatoms. The van der Waals surface area contributed by atoms with Gasteiger partial charge >= 0.3 is 12.4 Å². The van der Waals surface area contributed by atoms with Crippen LogP contribution in [0, 0.1) is 5.92 Å². The predicted octanol–water partition coefficient (Wildman–Crippen LogP) is 3.72. The molecule has 3 atom stereocenters. The highest BCUT2D eigenvalue weighted by molar-refractivity contribution is 5.89. The van der Waals surface area contributed by atoms with E-state index in [9.17, 15) is 18.0 Å². The van der Waals surface area contributed by atoms with E-state index in [4.69, 9.17) is 4.74 Å². The second-order valence-electron chi connectivity index (χ2n) is 8.30. The van der Waals surface area contributed by atoms with Crippen LogP contribution in [0.5, 0.6) is 11.5 Å². The molecule has 2 aromatic rings. The van der Waals surface area contributed by atoms with Crippen LogP contribution in [0.3, 0.4) is 0 Å². The minimum absolute atomic E-state index is 0.0557. The van der Waals surface area contributed by atoms with Gasteiger partial charge in [0.05, 0.1) is 13.3 Å². The molecule has 0 radical (unpaired) electrons. The average molecular weight is 482 g/mol. The van der Waals surface area contributed by atoms with E-state index in [-0.39, 0.29) is 18.0 Å². The van der Waals surface area contributed by atoms with Gasteiger partial charge in [-0.25, -0.2) is 4.79 Å². The van der Waals surface area contributed by atoms with Crippen LogP contribution in [0.25, 0.3) is 0 Å². The predicted molar refractivity (Wildman–Crippen MR) is 122 cm³/mol. The SMILES string of the molecule is COc1ccc(CNC2CC(C(C)C)NC(NC(=O)Nc3ccc(OC(F)(F)F)cc3)N2)cc1. The third-order valence-electron chi connectivity index (χ3n) is 5.38. The first kappa shape index (κ1) is 25.6. The number of carbonyl (C=O) groups excluding carboxylic acids is 1. The standard InChI is InChI=1S/C23H30F3N5O3/c1-14(2)19-12-20(27-13-15-4-8-17(33-3)9-5-15)30-21(29-19)31-22(32)28-16-6-10-18(11-7-16)34-23(24,25)26/h4-11,14,19-21,27,29-30H,12-13H2,1-3H3,(H2,28,31,32). The van der Waals surface area contributed by atoms with Crippen LogP contribution in [0.2, 0.25) is 0 Å². The summed E-state index contributed by atoms with van der Waals surface area (Å²) in [6.07, 6.45) is -4.52. The zero-order chi connectivity index (χ0) is 24.7. The first-order valence-electron chi connectivity index (χ1n) is 10.9.